The number of nitrogens with zero attached hydrogens (tertiary/aromatic N) is 8. The van der Waals surface area contributed by atoms with Crippen LogP contribution in [0.3, 0.4) is 0 Å². The number of aromatic nitrogens is 4. The third-order valence-corrected chi connectivity index (χ3v) is 12.9. The molecule has 5 N–H and O–H groups in total. The Morgan fingerprint density at radius 1 is 0.618 bits per heavy atom. The second-order valence-corrected chi connectivity index (χ2v) is 18.0. The van der Waals surface area contributed by atoms with Gasteiger partial charge in [0.2, 0.25) is 17.8 Å². The lowest BCUT2D eigenvalue weighted by molar-refractivity contribution is -0.114. The molecule has 0 aliphatic carbocycles. The van der Waals surface area contributed by atoms with Crippen LogP contribution in [-0.2, 0) is 23.8 Å². The van der Waals surface area contributed by atoms with Crippen molar-refractivity contribution in [1.29, 1.82) is 5.26 Å². The van der Waals surface area contributed by atoms with E-state index in [1.165, 1.54) is 12.1 Å². The molecule has 19 heteroatoms. The minimum absolute atomic E-state index is 0.157. The van der Waals surface area contributed by atoms with Crippen LogP contribution in [0, 0.1) is 17.1 Å². The number of morpholine rings is 3. The highest BCUT2D eigenvalue weighted by atomic mass is 19.1. The molecule has 384 valence electrons. The molecule has 3 saturated heterocycles. The highest BCUT2D eigenvalue weighted by Crippen LogP contribution is 2.32. The smallest absolute Gasteiger partial charge is 0.253 e. The molecule has 2 amide bonds. The lowest BCUT2D eigenvalue weighted by Gasteiger charge is -2.35. The van der Waals surface area contributed by atoms with Crippen molar-refractivity contribution in [3.63, 3.8) is 0 Å². The van der Waals surface area contributed by atoms with Gasteiger partial charge in [0.15, 0.2) is 0 Å². The van der Waals surface area contributed by atoms with Crippen molar-refractivity contribution < 1.29 is 28.2 Å². The van der Waals surface area contributed by atoms with Crippen LogP contribution in [0.15, 0.2) is 152 Å². The van der Waals surface area contributed by atoms with Crippen molar-refractivity contribution >= 4 is 75.0 Å². The largest absolute Gasteiger partial charge is 0.378 e. The van der Waals surface area contributed by atoms with Gasteiger partial charge >= 0.3 is 0 Å². The Hall–Kier alpha value is -9.22. The number of halogens is 1. The fourth-order valence-electron chi connectivity index (χ4n) is 9.02. The Labute approximate surface area is 438 Å². The number of nitrogens with one attached hydrogen (secondary N) is 5. The van der Waals surface area contributed by atoms with Gasteiger partial charge in [0, 0.05) is 108 Å². The van der Waals surface area contributed by atoms with Crippen LogP contribution in [-0.4, -0.2) is 110 Å². The summed E-state index contributed by atoms with van der Waals surface area (Å²) in [6, 6.07) is 40.6. The highest BCUT2D eigenvalue weighted by molar-refractivity contribution is 6.04. The predicted molar refractivity (Wildman–Crippen MR) is 293 cm³/mol. The minimum atomic E-state index is -0.627. The molecule has 0 bridgehead atoms. The summed E-state index contributed by atoms with van der Waals surface area (Å²) >= 11 is 0. The molecule has 5 aromatic carbocycles. The van der Waals surface area contributed by atoms with Crippen molar-refractivity contribution in [1.82, 2.24) is 19.9 Å². The Kier molecular flexibility index (Phi) is 15.4. The van der Waals surface area contributed by atoms with E-state index in [0.717, 1.165) is 30.2 Å². The minimum Gasteiger partial charge on any atom is -0.378 e. The zero-order valence-corrected chi connectivity index (χ0v) is 41.5. The van der Waals surface area contributed by atoms with Gasteiger partial charge in [-0.05, 0) is 84.9 Å². The average Bonchev–Trinajstić information content (AvgIpc) is 3.46. The average molecular weight is 1020 g/mol. The fourth-order valence-corrected chi connectivity index (χ4v) is 9.02. The van der Waals surface area contributed by atoms with Crippen LogP contribution in [0.1, 0.15) is 5.69 Å². The van der Waals surface area contributed by atoms with E-state index in [4.69, 9.17) is 24.2 Å². The number of benzene rings is 5. The first-order valence-electron chi connectivity index (χ1n) is 24.8. The molecule has 3 aliphatic heterocycles. The summed E-state index contributed by atoms with van der Waals surface area (Å²) < 4.78 is 32.8. The molecule has 7 aromatic rings. The van der Waals surface area contributed by atoms with Crippen molar-refractivity contribution in [2.75, 3.05) is 114 Å². The van der Waals surface area contributed by atoms with E-state index in [2.05, 4.69) is 71.6 Å². The second-order valence-electron chi connectivity index (χ2n) is 18.0. The van der Waals surface area contributed by atoms with E-state index < -0.39 is 12.0 Å². The quantitative estimate of drug-likeness (QED) is 0.0572. The zero-order valence-electron chi connectivity index (χ0n) is 41.5. The molecule has 1 unspecified atom stereocenters. The number of ether oxygens (including phenoxy) is 3. The van der Waals surface area contributed by atoms with Crippen molar-refractivity contribution in [2.24, 2.45) is 0 Å². The van der Waals surface area contributed by atoms with Gasteiger partial charge in [0.05, 0.1) is 50.1 Å². The van der Waals surface area contributed by atoms with Crippen LogP contribution < -0.4 is 41.3 Å². The summed E-state index contributed by atoms with van der Waals surface area (Å²) in [6.45, 7) is 14.1. The summed E-state index contributed by atoms with van der Waals surface area (Å²) in [4.78, 5) is 51.1. The first kappa shape index (κ1) is 50.3. The standard InChI is InChI=1S/C57H54FN13O5/c1-3-54(72)61-40-10-4-8-38(28-40)49-33-45(35-59)65-56(66-49)63-43-13-7-15-47(31-43)71-22-27-76-52(36-71)37(2)55(73)62-41-11-5-9-39(29-41)50-34-53(60-44-16-17-51(48(58)32-44)70-20-25-75-26-21-70)68-57(67-50)64-42-12-6-14-46(30-42)69-18-23-74-24-19-69/h3-17,28-34,52H,1-2,18-27,36H2,(H,61,72)(H,62,73)(H,63,65,66)(H2,60,64,67,68). The molecular weight excluding hydrogens is 966 g/mol. The second kappa shape index (κ2) is 23.3. The zero-order chi connectivity index (χ0) is 52.4. The Morgan fingerprint density at radius 3 is 1.83 bits per heavy atom. The van der Waals surface area contributed by atoms with E-state index in [0.29, 0.717) is 122 Å². The number of anilines is 11. The van der Waals surface area contributed by atoms with E-state index in [1.807, 2.05) is 77.7 Å². The summed E-state index contributed by atoms with van der Waals surface area (Å²) in [7, 11) is 0. The maximum atomic E-state index is 15.6. The van der Waals surface area contributed by atoms with Gasteiger partial charge in [0.25, 0.3) is 5.91 Å². The van der Waals surface area contributed by atoms with Gasteiger partial charge in [-0.15, -0.1) is 0 Å². The van der Waals surface area contributed by atoms with Crippen LogP contribution in [0.2, 0.25) is 0 Å². The van der Waals surface area contributed by atoms with Gasteiger partial charge in [-0.25, -0.2) is 19.3 Å². The number of hydrogen-bond acceptors (Lipinski definition) is 16. The van der Waals surface area contributed by atoms with Crippen LogP contribution in [0.4, 0.5) is 67.6 Å². The SMILES string of the molecule is C=CC(=O)Nc1cccc(-c2cc(C#N)nc(Nc3cccc(N4CCOC(C(=C)C(=O)Nc5cccc(-c6cc(Nc7ccc(N8CCOCC8)c(F)c7)nc(Nc7cccc(N8CCOCC8)c7)n6)c5)C4)c3)n2)c1. The number of nitriles is 1. The van der Waals surface area contributed by atoms with Gasteiger partial charge in [-0.1, -0.05) is 49.6 Å². The van der Waals surface area contributed by atoms with E-state index >= 15 is 4.39 Å². The normalized spacial score (nSPS) is 15.5. The monoisotopic (exact) mass is 1020 g/mol. The topological polar surface area (TPSA) is 207 Å². The lowest BCUT2D eigenvalue weighted by Crippen LogP contribution is -2.45. The number of hydrogen-bond donors (Lipinski definition) is 5. The third-order valence-electron chi connectivity index (χ3n) is 12.9. The van der Waals surface area contributed by atoms with E-state index in [-0.39, 0.29) is 28.9 Å². The summed E-state index contributed by atoms with van der Waals surface area (Å²) in [5, 5.41) is 25.5. The fraction of sp³-hybridized carbons (Fsp3) is 0.211. The number of rotatable bonds is 16. The molecule has 0 spiro atoms. The number of carbonyl (C=O) groups is 2. The summed E-state index contributed by atoms with van der Waals surface area (Å²) in [6.07, 6.45) is 0.559. The number of carbonyl (C=O) groups excluding carboxylic acids is 2. The third kappa shape index (κ3) is 12.4. The number of amides is 2. The molecule has 1 atom stereocenters. The maximum absolute atomic E-state index is 15.6. The highest BCUT2D eigenvalue weighted by Gasteiger charge is 2.27. The molecule has 10 rings (SSSR count). The van der Waals surface area contributed by atoms with Gasteiger partial charge in [-0.2, -0.15) is 10.2 Å². The molecule has 3 fully saturated rings. The van der Waals surface area contributed by atoms with Crippen molar-refractivity contribution in [2.45, 2.75) is 6.10 Å². The van der Waals surface area contributed by atoms with Crippen molar-refractivity contribution in [3.05, 3.63) is 164 Å². The molecule has 0 saturated carbocycles. The molecular formula is C57H54FN13O5. The van der Waals surface area contributed by atoms with Crippen LogP contribution in [0.25, 0.3) is 22.5 Å². The predicted octanol–water partition coefficient (Wildman–Crippen LogP) is 9.04. The van der Waals surface area contributed by atoms with E-state index in [1.54, 1.807) is 42.5 Å². The molecule has 0 radical (unpaired) electrons. The Bertz CT molecular complexity index is 3340. The maximum Gasteiger partial charge on any atom is 0.253 e. The molecule has 76 heavy (non-hydrogen) atoms. The Balaban J connectivity index is 0.833. The van der Waals surface area contributed by atoms with E-state index in [9.17, 15) is 14.9 Å². The van der Waals surface area contributed by atoms with Gasteiger partial charge < -0.3 is 55.5 Å². The molecule has 5 heterocycles. The lowest BCUT2D eigenvalue weighted by atomic mass is 10.1. The molecule has 18 nitrogen and oxygen atoms in total. The molecule has 3 aliphatic rings. The Morgan fingerprint density at radius 2 is 1.18 bits per heavy atom. The van der Waals surface area contributed by atoms with Gasteiger partial charge in [-0.3, -0.25) is 9.59 Å². The van der Waals surface area contributed by atoms with Crippen LogP contribution >= 0.6 is 0 Å². The van der Waals surface area contributed by atoms with Crippen LogP contribution in [0.5, 0.6) is 0 Å². The van der Waals surface area contributed by atoms with Crippen molar-refractivity contribution in [3.8, 4) is 28.6 Å². The summed E-state index contributed by atoms with van der Waals surface area (Å²) in [5.41, 5.74) is 8.22. The molecule has 2 aromatic heterocycles. The first-order valence-corrected chi connectivity index (χ1v) is 24.8. The first-order chi connectivity index (χ1) is 37.1. The van der Waals surface area contributed by atoms with Gasteiger partial charge in [0.1, 0.15) is 29.5 Å². The summed E-state index contributed by atoms with van der Waals surface area (Å²) in [5.74, 6) is -0.181.